The molecule has 0 bridgehead atoms. The molecule has 30 heavy (non-hydrogen) atoms. The Kier molecular flexibility index (Phi) is 5.21. The third kappa shape index (κ3) is 3.82. The van der Waals surface area contributed by atoms with Crippen LogP contribution in [0.2, 0.25) is 0 Å². The van der Waals surface area contributed by atoms with Crippen LogP contribution in [0.5, 0.6) is 5.75 Å². The summed E-state index contributed by atoms with van der Waals surface area (Å²) in [5.74, 6) is 1.53. The highest BCUT2D eigenvalue weighted by Crippen LogP contribution is 2.37. The molecular weight excluding hydrogens is 374 g/mol. The monoisotopic (exact) mass is 403 g/mol. The van der Waals surface area contributed by atoms with Crippen molar-refractivity contribution in [2.24, 2.45) is 0 Å². The van der Waals surface area contributed by atoms with E-state index in [1.165, 1.54) is 10.9 Å². The number of amides is 1. The van der Waals surface area contributed by atoms with Crippen molar-refractivity contribution in [3.63, 3.8) is 0 Å². The molecule has 1 aliphatic heterocycles. The summed E-state index contributed by atoms with van der Waals surface area (Å²) in [6, 6.07) is 16.6. The maximum Gasteiger partial charge on any atom is 0.242 e. The number of carbonyl (C=O) groups excluding carboxylic acids is 1. The summed E-state index contributed by atoms with van der Waals surface area (Å²) in [5, 5.41) is 4.47. The van der Waals surface area contributed by atoms with Gasteiger partial charge in [0.25, 0.3) is 0 Å². The van der Waals surface area contributed by atoms with E-state index in [4.69, 9.17) is 4.74 Å². The lowest BCUT2D eigenvalue weighted by Gasteiger charge is -2.37. The summed E-state index contributed by atoms with van der Waals surface area (Å²) in [6.45, 7) is 1.83. The van der Waals surface area contributed by atoms with Crippen LogP contribution in [0.4, 0.5) is 0 Å². The minimum absolute atomic E-state index is 0.152. The normalized spacial score (nSPS) is 19.0. The van der Waals surface area contributed by atoms with Gasteiger partial charge < -0.3 is 15.0 Å². The SMILES string of the molecule is COc1ccc2[nH]cc(C3CCN(C(C(=O)NC4CC4)c4ccccc4)CC3)c2c1. The van der Waals surface area contributed by atoms with Gasteiger partial charge in [-0.2, -0.15) is 0 Å². The van der Waals surface area contributed by atoms with E-state index in [9.17, 15) is 4.79 Å². The van der Waals surface area contributed by atoms with Crippen LogP contribution in [0.3, 0.4) is 0 Å². The van der Waals surface area contributed by atoms with Gasteiger partial charge in [-0.25, -0.2) is 0 Å². The molecule has 1 aliphatic carbocycles. The highest BCUT2D eigenvalue weighted by Gasteiger charge is 2.34. The van der Waals surface area contributed by atoms with Crippen LogP contribution >= 0.6 is 0 Å². The molecule has 2 N–H and O–H groups in total. The minimum Gasteiger partial charge on any atom is -0.497 e. The predicted molar refractivity (Wildman–Crippen MR) is 119 cm³/mol. The molecule has 2 fully saturated rings. The van der Waals surface area contributed by atoms with E-state index < -0.39 is 0 Å². The number of nitrogens with zero attached hydrogens (tertiary/aromatic N) is 1. The largest absolute Gasteiger partial charge is 0.497 e. The lowest BCUT2D eigenvalue weighted by Crippen LogP contribution is -2.44. The maximum absolute atomic E-state index is 13.1. The van der Waals surface area contributed by atoms with Crippen LogP contribution in [-0.4, -0.2) is 42.0 Å². The van der Waals surface area contributed by atoms with Crippen molar-refractivity contribution >= 4 is 16.8 Å². The first-order valence-corrected chi connectivity index (χ1v) is 11.0. The molecule has 0 radical (unpaired) electrons. The average molecular weight is 404 g/mol. The second-order valence-electron chi connectivity index (χ2n) is 8.56. The quantitative estimate of drug-likeness (QED) is 0.642. The fourth-order valence-electron chi connectivity index (χ4n) is 4.73. The summed E-state index contributed by atoms with van der Waals surface area (Å²) in [6.07, 6.45) is 6.46. The number of benzene rings is 2. The zero-order chi connectivity index (χ0) is 20.5. The first-order valence-electron chi connectivity index (χ1n) is 11.0. The van der Waals surface area contributed by atoms with Crippen LogP contribution in [0.1, 0.15) is 48.8 Å². The van der Waals surface area contributed by atoms with Gasteiger partial charge in [0.2, 0.25) is 5.91 Å². The van der Waals surface area contributed by atoms with Crippen molar-refractivity contribution in [1.82, 2.24) is 15.2 Å². The number of rotatable bonds is 6. The van der Waals surface area contributed by atoms with Gasteiger partial charge in [-0.15, -0.1) is 0 Å². The minimum atomic E-state index is -0.198. The summed E-state index contributed by atoms with van der Waals surface area (Å²) in [5.41, 5.74) is 3.60. The predicted octanol–water partition coefficient (Wildman–Crippen LogP) is 4.38. The smallest absolute Gasteiger partial charge is 0.242 e. The van der Waals surface area contributed by atoms with Crippen molar-refractivity contribution in [3.8, 4) is 5.75 Å². The standard InChI is InChI=1S/C25H29N3O2/c1-30-20-9-10-23-21(15-20)22(16-26-23)17-11-13-28(14-12-17)24(18-5-3-2-4-6-18)25(29)27-19-7-8-19/h2-6,9-10,15-17,19,24,26H,7-8,11-14H2,1H3,(H,27,29). The molecule has 0 spiro atoms. The van der Waals surface area contributed by atoms with E-state index >= 15 is 0 Å². The highest BCUT2D eigenvalue weighted by molar-refractivity contribution is 5.85. The molecule has 1 aromatic heterocycles. The molecule has 1 amide bonds. The lowest BCUT2D eigenvalue weighted by molar-refractivity contribution is -0.127. The molecular formula is C25H29N3O2. The fourth-order valence-corrected chi connectivity index (χ4v) is 4.73. The van der Waals surface area contributed by atoms with Gasteiger partial charge >= 0.3 is 0 Å². The number of methoxy groups -OCH3 is 1. The Balaban J connectivity index is 1.34. The first-order chi connectivity index (χ1) is 14.7. The zero-order valence-electron chi connectivity index (χ0n) is 17.4. The summed E-state index contributed by atoms with van der Waals surface area (Å²) in [4.78, 5) is 18.8. The topological polar surface area (TPSA) is 57.4 Å². The number of aromatic nitrogens is 1. The molecule has 1 saturated carbocycles. The first kappa shape index (κ1) is 19.2. The van der Waals surface area contributed by atoms with E-state index in [-0.39, 0.29) is 11.9 Å². The summed E-state index contributed by atoms with van der Waals surface area (Å²) in [7, 11) is 1.71. The molecule has 2 heterocycles. The molecule has 1 atom stereocenters. The molecule has 2 aromatic carbocycles. The van der Waals surface area contributed by atoms with Crippen molar-refractivity contribution < 1.29 is 9.53 Å². The van der Waals surface area contributed by atoms with Crippen molar-refractivity contribution in [2.45, 2.75) is 43.7 Å². The molecule has 5 heteroatoms. The summed E-state index contributed by atoms with van der Waals surface area (Å²) >= 11 is 0. The number of piperidine rings is 1. The molecule has 2 aliphatic rings. The Morgan fingerprint density at radius 2 is 1.87 bits per heavy atom. The molecule has 5 rings (SSSR count). The Bertz CT molecular complexity index is 1020. The van der Waals surface area contributed by atoms with Gasteiger partial charge in [0, 0.05) is 23.1 Å². The van der Waals surface area contributed by atoms with E-state index in [0.717, 1.165) is 55.6 Å². The molecule has 1 saturated heterocycles. The van der Waals surface area contributed by atoms with Gasteiger partial charge in [-0.1, -0.05) is 30.3 Å². The van der Waals surface area contributed by atoms with Gasteiger partial charge in [0.05, 0.1) is 7.11 Å². The van der Waals surface area contributed by atoms with Gasteiger partial charge in [0.1, 0.15) is 11.8 Å². The Morgan fingerprint density at radius 1 is 1.10 bits per heavy atom. The van der Waals surface area contributed by atoms with Gasteiger partial charge in [0.15, 0.2) is 0 Å². The molecule has 3 aromatic rings. The number of hydrogen-bond donors (Lipinski definition) is 2. The number of likely N-dealkylation sites (tertiary alicyclic amines) is 1. The zero-order valence-corrected chi connectivity index (χ0v) is 17.4. The number of aromatic amines is 1. The number of H-pyrrole nitrogens is 1. The van der Waals surface area contributed by atoms with Crippen LogP contribution < -0.4 is 10.1 Å². The van der Waals surface area contributed by atoms with Crippen LogP contribution in [0, 0.1) is 0 Å². The Hall–Kier alpha value is -2.79. The Labute approximate surface area is 177 Å². The van der Waals surface area contributed by atoms with Crippen LogP contribution in [0.15, 0.2) is 54.7 Å². The lowest BCUT2D eigenvalue weighted by atomic mass is 9.88. The fraction of sp³-hybridized carbons (Fsp3) is 0.400. The third-order valence-corrected chi connectivity index (χ3v) is 6.54. The maximum atomic E-state index is 13.1. The molecule has 156 valence electrons. The van der Waals surface area contributed by atoms with Gasteiger partial charge in [-0.3, -0.25) is 9.69 Å². The summed E-state index contributed by atoms with van der Waals surface area (Å²) < 4.78 is 5.43. The number of hydrogen-bond acceptors (Lipinski definition) is 3. The van der Waals surface area contributed by atoms with E-state index in [0.29, 0.717) is 12.0 Å². The highest BCUT2D eigenvalue weighted by atomic mass is 16.5. The number of nitrogens with one attached hydrogen (secondary N) is 2. The van der Waals surface area contributed by atoms with Crippen LogP contribution in [0.25, 0.3) is 10.9 Å². The van der Waals surface area contributed by atoms with Crippen molar-refractivity contribution in [1.29, 1.82) is 0 Å². The van der Waals surface area contributed by atoms with Gasteiger partial charge in [-0.05, 0) is 74.0 Å². The van der Waals surface area contributed by atoms with E-state index in [1.54, 1.807) is 7.11 Å². The van der Waals surface area contributed by atoms with E-state index in [2.05, 4.69) is 45.7 Å². The number of ether oxygens (including phenoxy) is 1. The average Bonchev–Trinajstić information content (AvgIpc) is 3.50. The number of fused-ring (bicyclic) bond motifs is 1. The van der Waals surface area contributed by atoms with Crippen molar-refractivity contribution in [3.05, 3.63) is 65.9 Å². The van der Waals surface area contributed by atoms with E-state index in [1.807, 2.05) is 24.3 Å². The third-order valence-electron chi connectivity index (χ3n) is 6.54. The van der Waals surface area contributed by atoms with Crippen LogP contribution in [-0.2, 0) is 4.79 Å². The number of carbonyl (C=O) groups is 1. The Morgan fingerprint density at radius 3 is 2.57 bits per heavy atom. The molecule has 1 unspecified atom stereocenters. The second-order valence-corrected chi connectivity index (χ2v) is 8.56. The second kappa shape index (κ2) is 8.15. The molecule has 5 nitrogen and oxygen atoms in total. The van der Waals surface area contributed by atoms with Crippen molar-refractivity contribution in [2.75, 3.05) is 20.2 Å².